The Labute approximate surface area is 143 Å². The predicted molar refractivity (Wildman–Crippen MR) is 94.7 cm³/mol. The van der Waals surface area contributed by atoms with Crippen LogP contribution in [0.4, 0.5) is 4.39 Å². The minimum Gasteiger partial charge on any atom is -0.306 e. The molecule has 1 saturated heterocycles. The van der Waals surface area contributed by atoms with Gasteiger partial charge in [-0.15, -0.1) is 0 Å². The third kappa shape index (κ3) is 4.02. The van der Waals surface area contributed by atoms with Crippen molar-refractivity contribution in [3.8, 4) is 5.69 Å². The van der Waals surface area contributed by atoms with E-state index in [0.29, 0.717) is 6.04 Å². The molecule has 24 heavy (non-hydrogen) atoms. The summed E-state index contributed by atoms with van der Waals surface area (Å²) in [5, 5.41) is 4.38. The first-order valence-corrected chi connectivity index (χ1v) is 8.71. The van der Waals surface area contributed by atoms with E-state index in [0.717, 1.165) is 31.2 Å². The fourth-order valence-corrected chi connectivity index (χ4v) is 3.47. The second kappa shape index (κ2) is 7.45. The van der Waals surface area contributed by atoms with Crippen molar-refractivity contribution in [1.29, 1.82) is 0 Å². The molecule has 0 unspecified atom stereocenters. The van der Waals surface area contributed by atoms with E-state index in [-0.39, 0.29) is 5.82 Å². The summed E-state index contributed by atoms with van der Waals surface area (Å²) in [7, 11) is 4.33. The van der Waals surface area contributed by atoms with Gasteiger partial charge in [0.1, 0.15) is 5.82 Å². The van der Waals surface area contributed by atoms with Crippen LogP contribution in [0.25, 0.3) is 5.69 Å². The molecule has 1 aliphatic rings. The first kappa shape index (κ1) is 17.1. The first-order chi connectivity index (χ1) is 11.5. The maximum Gasteiger partial charge on any atom is 0.125 e. The molecule has 130 valence electrons. The van der Waals surface area contributed by atoms with E-state index in [9.17, 15) is 4.39 Å². The average molecular weight is 330 g/mol. The highest BCUT2D eigenvalue weighted by Crippen LogP contribution is 2.24. The minimum absolute atomic E-state index is 0.235. The van der Waals surface area contributed by atoms with Crippen LogP contribution < -0.4 is 0 Å². The maximum absolute atomic E-state index is 13.3. The molecule has 1 aromatic heterocycles. The van der Waals surface area contributed by atoms with E-state index in [2.05, 4.69) is 35.9 Å². The third-order valence-electron chi connectivity index (χ3n) is 5.24. The Bertz CT molecular complexity index is 659. The van der Waals surface area contributed by atoms with E-state index in [4.69, 9.17) is 0 Å². The van der Waals surface area contributed by atoms with E-state index in [1.54, 1.807) is 10.7 Å². The molecule has 0 bridgehead atoms. The molecular weight excluding hydrogens is 303 g/mol. The van der Waals surface area contributed by atoms with Gasteiger partial charge >= 0.3 is 0 Å². The van der Waals surface area contributed by atoms with E-state index >= 15 is 0 Å². The van der Waals surface area contributed by atoms with Crippen molar-refractivity contribution in [2.75, 3.05) is 27.2 Å². The van der Waals surface area contributed by atoms with Crippen LogP contribution in [0.5, 0.6) is 0 Å². The van der Waals surface area contributed by atoms with Gasteiger partial charge in [-0.2, -0.15) is 5.10 Å². The second-order valence-corrected chi connectivity index (χ2v) is 7.09. The highest BCUT2D eigenvalue weighted by Gasteiger charge is 2.25. The highest BCUT2D eigenvalue weighted by atomic mass is 19.1. The molecule has 1 aromatic carbocycles. The molecule has 0 N–H and O–H groups in total. The third-order valence-corrected chi connectivity index (χ3v) is 5.24. The summed E-state index contributed by atoms with van der Waals surface area (Å²) in [6.07, 6.45) is 6.39. The van der Waals surface area contributed by atoms with Gasteiger partial charge in [0.2, 0.25) is 0 Å². The Hall–Kier alpha value is -1.72. The molecule has 1 atom stereocenters. The molecule has 1 aliphatic heterocycles. The van der Waals surface area contributed by atoms with Crippen molar-refractivity contribution >= 4 is 0 Å². The lowest BCUT2D eigenvalue weighted by molar-refractivity contribution is 0.121. The molecule has 5 heteroatoms. The van der Waals surface area contributed by atoms with Crippen molar-refractivity contribution < 1.29 is 4.39 Å². The van der Waals surface area contributed by atoms with Crippen LogP contribution in [0, 0.1) is 11.7 Å². The van der Waals surface area contributed by atoms with Gasteiger partial charge in [0.15, 0.2) is 0 Å². The second-order valence-electron chi connectivity index (χ2n) is 7.09. The van der Waals surface area contributed by atoms with Crippen molar-refractivity contribution in [3.63, 3.8) is 0 Å². The number of piperidine rings is 1. The molecule has 2 aromatic rings. The van der Waals surface area contributed by atoms with Gasteiger partial charge in [-0.1, -0.05) is 6.07 Å². The van der Waals surface area contributed by atoms with Gasteiger partial charge in [0.05, 0.1) is 11.9 Å². The fraction of sp³-hybridized carbons (Fsp3) is 0.526. The lowest BCUT2D eigenvalue weighted by atomic mass is 9.89. The van der Waals surface area contributed by atoms with E-state index < -0.39 is 0 Å². The van der Waals surface area contributed by atoms with Crippen LogP contribution in [0.3, 0.4) is 0 Å². The number of aromatic nitrogens is 2. The quantitative estimate of drug-likeness (QED) is 0.841. The topological polar surface area (TPSA) is 24.3 Å². The van der Waals surface area contributed by atoms with Crippen LogP contribution >= 0.6 is 0 Å². The van der Waals surface area contributed by atoms with Gasteiger partial charge in [-0.05, 0) is 71.1 Å². The van der Waals surface area contributed by atoms with Crippen molar-refractivity contribution in [3.05, 3.63) is 48.0 Å². The zero-order valence-corrected chi connectivity index (χ0v) is 14.8. The molecule has 0 spiro atoms. The summed E-state index contributed by atoms with van der Waals surface area (Å²) in [6, 6.07) is 7.18. The van der Waals surface area contributed by atoms with Crippen molar-refractivity contribution in [1.82, 2.24) is 19.6 Å². The number of hydrogen-bond donors (Lipinski definition) is 0. The predicted octanol–water partition coefficient (Wildman–Crippen LogP) is 3.17. The normalized spacial score (nSPS) is 18.2. The minimum atomic E-state index is -0.235. The maximum atomic E-state index is 13.3. The molecule has 0 amide bonds. The van der Waals surface area contributed by atoms with Crippen LogP contribution in [-0.2, 0) is 6.54 Å². The molecule has 0 aliphatic carbocycles. The van der Waals surface area contributed by atoms with Crippen LogP contribution in [-0.4, -0.2) is 52.8 Å². The Balaban J connectivity index is 1.57. The molecule has 2 heterocycles. The number of hydrogen-bond acceptors (Lipinski definition) is 3. The SMILES string of the molecule is C[C@H](C1CCN(Cc2cnn(-c3cccc(F)c3)c2)CC1)N(C)C. The first-order valence-electron chi connectivity index (χ1n) is 8.71. The average Bonchev–Trinajstić information content (AvgIpc) is 3.03. The zero-order valence-electron chi connectivity index (χ0n) is 14.8. The highest BCUT2D eigenvalue weighted by molar-refractivity contribution is 5.31. The van der Waals surface area contributed by atoms with Gasteiger partial charge in [0, 0.05) is 24.3 Å². The van der Waals surface area contributed by atoms with Crippen LogP contribution in [0.1, 0.15) is 25.3 Å². The van der Waals surface area contributed by atoms with Gasteiger partial charge in [-0.3, -0.25) is 4.90 Å². The molecule has 4 nitrogen and oxygen atoms in total. The number of likely N-dealkylation sites (tertiary alicyclic amines) is 1. The van der Waals surface area contributed by atoms with Crippen LogP contribution in [0.15, 0.2) is 36.7 Å². The zero-order chi connectivity index (χ0) is 17.1. The van der Waals surface area contributed by atoms with Gasteiger partial charge in [-0.25, -0.2) is 9.07 Å². The van der Waals surface area contributed by atoms with Gasteiger partial charge < -0.3 is 4.90 Å². The monoisotopic (exact) mass is 330 g/mol. The Morgan fingerprint density at radius 3 is 2.71 bits per heavy atom. The van der Waals surface area contributed by atoms with Crippen molar-refractivity contribution in [2.45, 2.75) is 32.4 Å². The molecular formula is C19H27FN4. The van der Waals surface area contributed by atoms with Gasteiger partial charge in [0.25, 0.3) is 0 Å². The largest absolute Gasteiger partial charge is 0.306 e. The summed E-state index contributed by atoms with van der Waals surface area (Å²) < 4.78 is 15.1. The Kier molecular flexibility index (Phi) is 5.31. The number of rotatable bonds is 5. The molecule has 0 saturated carbocycles. The molecule has 0 radical (unpaired) electrons. The van der Waals surface area contributed by atoms with Crippen molar-refractivity contribution in [2.24, 2.45) is 5.92 Å². The lowest BCUT2D eigenvalue weighted by Gasteiger charge is -2.37. The summed E-state index contributed by atoms with van der Waals surface area (Å²) in [4.78, 5) is 4.81. The Morgan fingerprint density at radius 2 is 2.04 bits per heavy atom. The standard InChI is InChI=1S/C19H27FN4/c1-15(22(2)3)17-7-9-23(10-8-17)13-16-12-21-24(14-16)19-6-4-5-18(20)11-19/h4-6,11-12,14-15,17H,7-10,13H2,1-3H3/t15-/m1/s1. The smallest absolute Gasteiger partial charge is 0.125 e. The van der Waals surface area contributed by atoms with E-state index in [1.165, 1.54) is 30.5 Å². The number of halogens is 1. The number of benzene rings is 1. The summed E-state index contributed by atoms with van der Waals surface area (Å²) in [5.74, 6) is 0.549. The summed E-state index contributed by atoms with van der Waals surface area (Å²) in [5.41, 5.74) is 1.94. The lowest BCUT2D eigenvalue weighted by Crippen LogP contribution is -2.41. The van der Waals surface area contributed by atoms with E-state index in [1.807, 2.05) is 18.5 Å². The fourth-order valence-electron chi connectivity index (χ4n) is 3.47. The summed E-state index contributed by atoms with van der Waals surface area (Å²) in [6.45, 7) is 5.50. The molecule has 1 fully saturated rings. The Morgan fingerprint density at radius 1 is 1.29 bits per heavy atom. The molecule has 3 rings (SSSR count). The number of nitrogens with zero attached hydrogens (tertiary/aromatic N) is 4. The summed E-state index contributed by atoms with van der Waals surface area (Å²) >= 11 is 0. The van der Waals surface area contributed by atoms with Crippen LogP contribution in [0.2, 0.25) is 0 Å².